The van der Waals surface area contributed by atoms with Crippen molar-refractivity contribution in [1.82, 2.24) is 15.1 Å². The summed E-state index contributed by atoms with van der Waals surface area (Å²) in [6, 6.07) is 18.0. The van der Waals surface area contributed by atoms with E-state index >= 15 is 0 Å². The quantitative estimate of drug-likeness (QED) is 0.672. The SMILES string of the molecule is COc1ccc(-c2cc(NC(=O)NC(C)C)c(=O)n(Cc3ccccc3)n2)cc1. The highest BCUT2D eigenvalue weighted by molar-refractivity contribution is 5.89. The number of hydrogen-bond acceptors (Lipinski definition) is 4. The molecule has 2 N–H and O–H groups in total. The number of ether oxygens (including phenoxy) is 1. The lowest BCUT2D eigenvalue weighted by Crippen LogP contribution is -2.37. The second kappa shape index (κ2) is 9.05. The molecule has 0 bridgehead atoms. The highest BCUT2D eigenvalue weighted by Crippen LogP contribution is 2.21. The Morgan fingerprint density at radius 2 is 1.79 bits per heavy atom. The molecule has 0 aliphatic carbocycles. The Morgan fingerprint density at radius 3 is 2.41 bits per heavy atom. The van der Waals surface area contributed by atoms with Gasteiger partial charge in [-0.2, -0.15) is 5.10 Å². The molecule has 0 saturated heterocycles. The molecule has 7 nitrogen and oxygen atoms in total. The molecule has 1 heterocycles. The van der Waals surface area contributed by atoms with Gasteiger partial charge >= 0.3 is 6.03 Å². The number of aromatic nitrogens is 2. The van der Waals surface area contributed by atoms with Gasteiger partial charge in [-0.05, 0) is 49.7 Å². The third kappa shape index (κ3) is 5.22. The van der Waals surface area contributed by atoms with Gasteiger partial charge < -0.3 is 15.4 Å². The zero-order chi connectivity index (χ0) is 20.8. The molecule has 0 atom stereocenters. The fourth-order valence-electron chi connectivity index (χ4n) is 2.82. The van der Waals surface area contributed by atoms with Crippen LogP contribution in [0, 0.1) is 0 Å². The van der Waals surface area contributed by atoms with E-state index in [-0.39, 0.29) is 17.3 Å². The van der Waals surface area contributed by atoms with E-state index in [0.717, 1.165) is 16.9 Å². The van der Waals surface area contributed by atoms with E-state index in [2.05, 4.69) is 15.7 Å². The second-order valence-electron chi connectivity index (χ2n) is 6.87. The number of carbonyl (C=O) groups excluding carboxylic acids is 1. The van der Waals surface area contributed by atoms with Gasteiger partial charge in [0.05, 0.1) is 19.3 Å². The van der Waals surface area contributed by atoms with Crippen molar-refractivity contribution in [3.63, 3.8) is 0 Å². The van der Waals surface area contributed by atoms with Crippen molar-refractivity contribution in [3.8, 4) is 17.0 Å². The molecule has 2 aromatic carbocycles. The van der Waals surface area contributed by atoms with Gasteiger partial charge in [0.1, 0.15) is 11.4 Å². The summed E-state index contributed by atoms with van der Waals surface area (Å²) in [5.41, 5.74) is 2.11. The highest BCUT2D eigenvalue weighted by Gasteiger charge is 2.13. The van der Waals surface area contributed by atoms with E-state index in [1.165, 1.54) is 4.68 Å². The van der Waals surface area contributed by atoms with Crippen LogP contribution in [0.5, 0.6) is 5.75 Å². The Kier molecular flexibility index (Phi) is 6.29. The van der Waals surface area contributed by atoms with Crippen LogP contribution in [0.25, 0.3) is 11.3 Å². The van der Waals surface area contributed by atoms with Gasteiger partial charge in [-0.3, -0.25) is 4.79 Å². The lowest BCUT2D eigenvalue weighted by molar-refractivity contribution is 0.250. The summed E-state index contributed by atoms with van der Waals surface area (Å²) in [4.78, 5) is 25.1. The van der Waals surface area contributed by atoms with E-state index in [9.17, 15) is 9.59 Å². The maximum atomic E-state index is 12.9. The molecule has 150 valence electrons. The largest absolute Gasteiger partial charge is 0.497 e. The number of carbonyl (C=O) groups is 1. The summed E-state index contributed by atoms with van der Waals surface area (Å²) in [7, 11) is 1.60. The van der Waals surface area contributed by atoms with Crippen molar-refractivity contribution >= 4 is 11.7 Å². The van der Waals surface area contributed by atoms with Crippen LogP contribution in [-0.4, -0.2) is 29.0 Å². The third-order valence-corrected chi connectivity index (χ3v) is 4.20. The molecular weight excluding hydrogens is 368 g/mol. The Labute approximate surface area is 169 Å². The summed E-state index contributed by atoms with van der Waals surface area (Å²) in [6.07, 6.45) is 0. The number of urea groups is 1. The second-order valence-corrected chi connectivity index (χ2v) is 6.87. The Morgan fingerprint density at radius 1 is 1.10 bits per heavy atom. The van der Waals surface area contributed by atoms with Crippen molar-refractivity contribution in [2.45, 2.75) is 26.4 Å². The number of benzene rings is 2. The van der Waals surface area contributed by atoms with Crippen LogP contribution in [0.1, 0.15) is 19.4 Å². The van der Waals surface area contributed by atoms with Crippen LogP contribution in [0.15, 0.2) is 65.5 Å². The van der Waals surface area contributed by atoms with Gasteiger partial charge in [0, 0.05) is 11.6 Å². The Hall–Kier alpha value is -3.61. The van der Waals surface area contributed by atoms with Gasteiger partial charge in [-0.1, -0.05) is 30.3 Å². The van der Waals surface area contributed by atoms with Gasteiger partial charge in [0.25, 0.3) is 5.56 Å². The first-order valence-corrected chi connectivity index (χ1v) is 9.34. The average Bonchev–Trinajstić information content (AvgIpc) is 2.71. The van der Waals surface area contributed by atoms with Gasteiger partial charge in [-0.15, -0.1) is 0 Å². The number of nitrogens with zero attached hydrogens (tertiary/aromatic N) is 2. The van der Waals surface area contributed by atoms with Gasteiger partial charge in [0.2, 0.25) is 0 Å². The van der Waals surface area contributed by atoms with Crippen LogP contribution < -0.4 is 20.9 Å². The maximum Gasteiger partial charge on any atom is 0.319 e. The molecule has 0 spiro atoms. The predicted octanol–water partition coefficient (Wildman–Crippen LogP) is 3.50. The molecule has 0 unspecified atom stereocenters. The summed E-state index contributed by atoms with van der Waals surface area (Å²) in [5.74, 6) is 0.723. The summed E-state index contributed by atoms with van der Waals surface area (Å²) < 4.78 is 6.56. The lowest BCUT2D eigenvalue weighted by Gasteiger charge is -2.13. The van der Waals surface area contributed by atoms with Gasteiger partial charge in [-0.25, -0.2) is 9.48 Å². The molecule has 29 heavy (non-hydrogen) atoms. The molecule has 3 rings (SSSR count). The fourth-order valence-corrected chi connectivity index (χ4v) is 2.82. The highest BCUT2D eigenvalue weighted by atomic mass is 16.5. The molecule has 1 aromatic heterocycles. The molecule has 3 aromatic rings. The molecule has 2 amide bonds. The predicted molar refractivity (Wildman–Crippen MR) is 113 cm³/mol. The fraction of sp³-hybridized carbons (Fsp3) is 0.227. The standard InChI is InChI=1S/C22H24N4O3/c1-15(2)23-22(28)24-20-13-19(17-9-11-18(29-3)12-10-17)25-26(21(20)27)14-16-7-5-4-6-8-16/h4-13,15H,14H2,1-3H3,(H2,23,24,28). The normalized spacial score (nSPS) is 10.6. The minimum Gasteiger partial charge on any atom is -0.497 e. The molecule has 0 aliphatic heterocycles. The number of nitrogens with one attached hydrogen (secondary N) is 2. The minimum atomic E-state index is -0.435. The smallest absolute Gasteiger partial charge is 0.319 e. The molecule has 0 fully saturated rings. The summed E-state index contributed by atoms with van der Waals surface area (Å²) >= 11 is 0. The first kappa shape index (κ1) is 20.1. The number of amides is 2. The summed E-state index contributed by atoms with van der Waals surface area (Å²) in [6.45, 7) is 4.00. The van der Waals surface area contributed by atoms with E-state index in [4.69, 9.17) is 4.74 Å². The Balaban J connectivity index is 2.02. The topological polar surface area (TPSA) is 85.3 Å². The van der Waals surface area contributed by atoms with E-state index in [0.29, 0.717) is 12.2 Å². The van der Waals surface area contributed by atoms with E-state index in [1.807, 2.05) is 68.4 Å². The van der Waals surface area contributed by atoms with Crippen molar-refractivity contribution in [1.29, 1.82) is 0 Å². The lowest BCUT2D eigenvalue weighted by atomic mass is 10.1. The maximum absolute atomic E-state index is 12.9. The molecule has 0 saturated carbocycles. The summed E-state index contributed by atoms with van der Waals surface area (Å²) in [5, 5.41) is 9.89. The molecule has 0 radical (unpaired) electrons. The van der Waals surface area contributed by atoms with Crippen LogP contribution in [0.2, 0.25) is 0 Å². The number of anilines is 1. The number of methoxy groups -OCH3 is 1. The Bertz CT molecular complexity index is 1030. The molecule has 7 heteroatoms. The van der Waals surface area contributed by atoms with E-state index < -0.39 is 6.03 Å². The molecular formula is C22H24N4O3. The minimum absolute atomic E-state index is 0.0514. The molecule has 0 aliphatic rings. The first-order chi connectivity index (χ1) is 14.0. The van der Waals surface area contributed by atoms with Crippen molar-refractivity contribution in [3.05, 3.63) is 76.6 Å². The van der Waals surface area contributed by atoms with Crippen molar-refractivity contribution < 1.29 is 9.53 Å². The van der Waals surface area contributed by atoms with Crippen LogP contribution in [0.4, 0.5) is 10.5 Å². The monoisotopic (exact) mass is 392 g/mol. The third-order valence-electron chi connectivity index (χ3n) is 4.20. The first-order valence-electron chi connectivity index (χ1n) is 9.34. The van der Waals surface area contributed by atoms with Crippen molar-refractivity contribution in [2.75, 3.05) is 12.4 Å². The number of rotatable bonds is 6. The van der Waals surface area contributed by atoms with Gasteiger partial charge in [0.15, 0.2) is 0 Å². The van der Waals surface area contributed by atoms with E-state index in [1.54, 1.807) is 13.2 Å². The van der Waals surface area contributed by atoms with Crippen LogP contribution in [-0.2, 0) is 6.54 Å². The zero-order valence-electron chi connectivity index (χ0n) is 16.7. The number of hydrogen-bond donors (Lipinski definition) is 2. The average molecular weight is 392 g/mol. The zero-order valence-corrected chi connectivity index (χ0v) is 16.7. The van der Waals surface area contributed by atoms with Crippen LogP contribution in [0.3, 0.4) is 0 Å². The van der Waals surface area contributed by atoms with Crippen molar-refractivity contribution in [2.24, 2.45) is 0 Å². The van der Waals surface area contributed by atoms with Crippen LogP contribution >= 0.6 is 0 Å².